The zero-order valence-electron chi connectivity index (χ0n) is 4.01. The van der Waals surface area contributed by atoms with E-state index >= 15 is 0 Å². The van der Waals surface area contributed by atoms with Gasteiger partial charge in [-0.1, -0.05) is 0 Å². The van der Waals surface area contributed by atoms with Crippen LogP contribution in [0.5, 0.6) is 0 Å². The van der Waals surface area contributed by atoms with E-state index in [1.807, 2.05) is 6.92 Å². The zero-order chi connectivity index (χ0) is 5.28. The van der Waals surface area contributed by atoms with Gasteiger partial charge in [0.2, 0.25) is 0 Å². The fourth-order valence-corrected chi connectivity index (χ4v) is 0.650. The molecule has 7 heavy (non-hydrogen) atoms. The Morgan fingerprint density at radius 1 is 1.86 bits per heavy atom. The molecular formula is C4H6O2S. The zero-order valence-corrected chi connectivity index (χ0v) is 4.83. The Morgan fingerprint density at radius 3 is 2.71 bits per heavy atom. The van der Waals surface area contributed by atoms with Gasteiger partial charge in [-0.15, -0.1) is 0 Å². The molecule has 1 heterocycles. The van der Waals surface area contributed by atoms with Gasteiger partial charge in [-0.3, -0.25) is 0 Å². The van der Waals surface area contributed by atoms with Gasteiger partial charge in [0.25, 0.3) is 0 Å². The minimum absolute atomic E-state index is 0.160. The Bertz CT molecular complexity index is 91.7. The first-order valence-corrected chi connectivity index (χ1v) is 2.53. The topological polar surface area (TPSA) is 18.5 Å². The first kappa shape index (κ1) is 4.84. The number of rotatable bonds is 0. The molecule has 0 N–H and O–H groups in total. The lowest BCUT2D eigenvalue weighted by Gasteiger charge is -1.92. The van der Waals surface area contributed by atoms with Crippen LogP contribution in [0.25, 0.3) is 0 Å². The summed E-state index contributed by atoms with van der Waals surface area (Å²) in [5, 5.41) is 0.285. The highest BCUT2D eigenvalue weighted by molar-refractivity contribution is 7.79. The van der Waals surface area contributed by atoms with Crippen molar-refractivity contribution in [2.75, 3.05) is 6.61 Å². The number of hydrogen-bond donors (Lipinski definition) is 0. The van der Waals surface area contributed by atoms with Crippen LogP contribution in [0.15, 0.2) is 0 Å². The summed E-state index contributed by atoms with van der Waals surface area (Å²) in [6.07, 6.45) is 0.160. The molecule has 2 nitrogen and oxygen atoms in total. The summed E-state index contributed by atoms with van der Waals surface area (Å²) >= 11 is 4.55. The van der Waals surface area contributed by atoms with Gasteiger partial charge in [-0.05, 0) is 6.92 Å². The first-order valence-electron chi connectivity index (χ1n) is 2.12. The molecule has 3 heteroatoms. The summed E-state index contributed by atoms with van der Waals surface area (Å²) in [5.74, 6) is 0. The van der Waals surface area contributed by atoms with Crippen LogP contribution in [-0.4, -0.2) is 17.9 Å². The van der Waals surface area contributed by atoms with Gasteiger partial charge in [-0.25, -0.2) is 0 Å². The van der Waals surface area contributed by atoms with Crippen LogP contribution in [0.3, 0.4) is 0 Å². The molecule has 0 radical (unpaired) electrons. The fourth-order valence-electron chi connectivity index (χ4n) is 0.418. The molecule has 0 bridgehead atoms. The highest BCUT2D eigenvalue weighted by Crippen LogP contribution is 2.03. The molecule has 1 aliphatic heterocycles. The van der Waals surface area contributed by atoms with E-state index in [-0.39, 0.29) is 11.3 Å². The molecule has 0 aromatic carbocycles. The molecule has 1 fully saturated rings. The second-order valence-electron chi connectivity index (χ2n) is 1.49. The van der Waals surface area contributed by atoms with Gasteiger partial charge >= 0.3 is 5.24 Å². The monoisotopic (exact) mass is 118 g/mol. The molecule has 0 spiro atoms. The summed E-state index contributed by atoms with van der Waals surface area (Å²) < 4.78 is 9.64. The van der Waals surface area contributed by atoms with E-state index in [4.69, 9.17) is 9.47 Å². The highest BCUT2D eigenvalue weighted by atomic mass is 32.1. The fraction of sp³-hybridized carbons (Fsp3) is 0.750. The average molecular weight is 118 g/mol. The third-order valence-corrected chi connectivity index (χ3v) is 0.947. The van der Waals surface area contributed by atoms with Crippen molar-refractivity contribution in [1.82, 2.24) is 0 Å². The van der Waals surface area contributed by atoms with Gasteiger partial charge in [-0.2, -0.15) is 0 Å². The maximum absolute atomic E-state index is 4.87. The Balaban J connectivity index is 2.40. The Kier molecular flexibility index (Phi) is 1.15. The van der Waals surface area contributed by atoms with Crippen LogP contribution >= 0.6 is 12.2 Å². The molecule has 0 saturated carbocycles. The van der Waals surface area contributed by atoms with Crippen molar-refractivity contribution in [3.05, 3.63) is 0 Å². The SMILES string of the molecule is CC1COC(=S)O1. The molecule has 40 valence electrons. The Labute approximate surface area is 47.4 Å². The third-order valence-electron chi connectivity index (χ3n) is 0.733. The third kappa shape index (κ3) is 1.03. The molecule has 1 rings (SSSR count). The number of ether oxygens (including phenoxy) is 2. The van der Waals surface area contributed by atoms with Gasteiger partial charge in [0.15, 0.2) is 0 Å². The van der Waals surface area contributed by atoms with Crippen LogP contribution in [0.1, 0.15) is 6.92 Å². The van der Waals surface area contributed by atoms with E-state index in [9.17, 15) is 0 Å². The van der Waals surface area contributed by atoms with Crippen LogP contribution in [-0.2, 0) is 9.47 Å². The molecule has 1 unspecified atom stereocenters. The molecule has 0 aliphatic carbocycles. The molecule has 1 saturated heterocycles. The van der Waals surface area contributed by atoms with E-state index in [2.05, 4.69) is 12.2 Å². The summed E-state index contributed by atoms with van der Waals surface area (Å²) in [6, 6.07) is 0. The highest BCUT2D eigenvalue weighted by Gasteiger charge is 2.15. The van der Waals surface area contributed by atoms with Crippen LogP contribution in [0.4, 0.5) is 0 Å². The number of thiocarbonyl (C=S) groups is 1. The van der Waals surface area contributed by atoms with Crippen molar-refractivity contribution in [1.29, 1.82) is 0 Å². The van der Waals surface area contributed by atoms with Gasteiger partial charge in [0, 0.05) is 12.2 Å². The smallest absolute Gasteiger partial charge is 0.352 e. The van der Waals surface area contributed by atoms with Gasteiger partial charge in [0.1, 0.15) is 12.7 Å². The predicted octanol–water partition coefficient (Wildman–Crippen LogP) is 0.707. The number of hydrogen-bond acceptors (Lipinski definition) is 3. The summed E-state index contributed by atoms with van der Waals surface area (Å²) in [4.78, 5) is 0. The molecule has 1 atom stereocenters. The molecule has 1 aliphatic rings. The van der Waals surface area contributed by atoms with E-state index in [0.717, 1.165) is 0 Å². The standard InChI is InChI=1S/C4H6O2S/c1-3-2-5-4(7)6-3/h3H,2H2,1H3. The van der Waals surface area contributed by atoms with Gasteiger partial charge < -0.3 is 9.47 Å². The normalized spacial score (nSPS) is 29.3. The van der Waals surface area contributed by atoms with E-state index in [0.29, 0.717) is 6.61 Å². The quantitative estimate of drug-likeness (QED) is 0.436. The van der Waals surface area contributed by atoms with Crippen molar-refractivity contribution in [3.8, 4) is 0 Å². The molecule has 0 aromatic heterocycles. The van der Waals surface area contributed by atoms with E-state index < -0.39 is 0 Å². The predicted molar refractivity (Wildman–Crippen MR) is 29.1 cm³/mol. The molecular weight excluding hydrogens is 112 g/mol. The summed E-state index contributed by atoms with van der Waals surface area (Å²) in [7, 11) is 0. The Morgan fingerprint density at radius 2 is 2.57 bits per heavy atom. The van der Waals surface area contributed by atoms with Crippen molar-refractivity contribution < 1.29 is 9.47 Å². The van der Waals surface area contributed by atoms with Gasteiger partial charge in [0.05, 0.1) is 0 Å². The minimum atomic E-state index is 0.160. The van der Waals surface area contributed by atoms with Crippen LogP contribution in [0.2, 0.25) is 0 Å². The van der Waals surface area contributed by atoms with Crippen molar-refractivity contribution >= 4 is 17.5 Å². The lowest BCUT2D eigenvalue weighted by molar-refractivity contribution is 0.253. The second-order valence-corrected chi connectivity index (χ2v) is 1.82. The maximum atomic E-state index is 4.87. The summed E-state index contributed by atoms with van der Waals surface area (Å²) in [5.41, 5.74) is 0. The largest absolute Gasteiger partial charge is 0.453 e. The Hall–Kier alpha value is -0.310. The van der Waals surface area contributed by atoms with Crippen molar-refractivity contribution in [2.45, 2.75) is 13.0 Å². The van der Waals surface area contributed by atoms with Crippen LogP contribution in [0, 0.1) is 0 Å². The van der Waals surface area contributed by atoms with Crippen molar-refractivity contribution in [2.24, 2.45) is 0 Å². The lowest BCUT2D eigenvalue weighted by Crippen LogP contribution is -2.01. The van der Waals surface area contributed by atoms with Crippen molar-refractivity contribution in [3.63, 3.8) is 0 Å². The van der Waals surface area contributed by atoms with Crippen LogP contribution < -0.4 is 0 Å². The first-order chi connectivity index (χ1) is 3.29. The second kappa shape index (κ2) is 1.66. The average Bonchev–Trinajstić information content (AvgIpc) is 1.87. The molecule has 0 amide bonds. The van der Waals surface area contributed by atoms with E-state index in [1.54, 1.807) is 0 Å². The summed E-state index contributed by atoms with van der Waals surface area (Å²) in [6.45, 7) is 2.53. The maximum Gasteiger partial charge on any atom is 0.352 e. The molecule has 0 aromatic rings. The van der Waals surface area contributed by atoms with E-state index in [1.165, 1.54) is 0 Å². The lowest BCUT2D eigenvalue weighted by atomic mass is 10.5. The minimum Gasteiger partial charge on any atom is -0.453 e.